The maximum absolute atomic E-state index is 12.9. The van der Waals surface area contributed by atoms with Crippen molar-refractivity contribution in [2.45, 2.75) is 83.2 Å². The second kappa shape index (κ2) is 16.5. The number of aromatic nitrogens is 4. The lowest BCUT2D eigenvalue weighted by Gasteiger charge is -2.21. The van der Waals surface area contributed by atoms with Crippen LogP contribution in [0.15, 0.2) is 29.8 Å². The molecule has 8 nitrogen and oxygen atoms in total. The van der Waals surface area contributed by atoms with E-state index in [1.165, 1.54) is 38.5 Å². The number of amides is 1. The van der Waals surface area contributed by atoms with Crippen molar-refractivity contribution in [1.82, 2.24) is 24.8 Å². The second-order valence-electron chi connectivity index (χ2n) is 8.94. The Morgan fingerprint density at radius 1 is 1.15 bits per heavy atom. The molecule has 2 N–H and O–H groups in total. The van der Waals surface area contributed by atoms with Gasteiger partial charge in [0, 0.05) is 38.7 Å². The van der Waals surface area contributed by atoms with Crippen LogP contribution in [0, 0.1) is 5.92 Å². The highest BCUT2D eigenvalue weighted by Gasteiger charge is 2.21. The van der Waals surface area contributed by atoms with Crippen LogP contribution in [-0.4, -0.2) is 57.5 Å². The molecule has 9 heteroatoms. The van der Waals surface area contributed by atoms with Crippen molar-refractivity contribution in [3.63, 3.8) is 0 Å². The van der Waals surface area contributed by atoms with Gasteiger partial charge in [-0.25, -0.2) is 9.97 Å². The molecule has 0 unspecified atom stereocenters. The van der Waals surface area contributed by atoms with E-state index in [0.717, 1.165) is 17.2 Å². The summed E-state index contributed by atoms with van der Waals surface area (Å²) in [5, 5.41) is 7.30. The highest BCUT2D eigenvalue weighted by atomic mass is 32.2. The first-order chi connectivity index (χ1) is 16.5. The lowest BCUT2D eigenvalue weighted by atomic mass is 10.0. The first-order valence-corrected chi connectivity index (χ1v) is 13.6. The number of nitrogens with one attached hydrogen (secondary N) is 2. The van der Waals surface area contributed by atoms with Crippen LogP contribution in [0.3, 0.4) is 0 Å². The van der Waals surface area contributed by atoms with Gasteiger partial charge in [0.05, 0.1) is 0 Å². The molecule has 0 aliphatic rings. The van der Waals surface area contributed by atoms with Gasteiger partial charge in [-0.1, -0.05) is 52.9 Å². The van der Waals surface area contributed by atoms with Gasteiger partial charge in [0.1, 0.15) is 23.2 Å². The fourth-order valence-corrected chi connectivity index (χ4v) is 4.44. The molecule has 2 aromatic heterocycles. The predicted molar refractivity (Wildman–Crippen MR) is 140 cm³/mol. The molecule has 0 aromatic carbocycles. The van der Waals surface area contributed by atoms with Crippen LogP contribution in [0.1, 0.15) is 72.1 Å². The molecule has 2 heterocycles. The van der Waals surface area contributed by atoms with Crippen molar-refractivity contribution in [2.24, 2.45) is 5.92 Å². The maximum atomic E-state index is 12.9. The number of carbonyl (C=O) groups excluding carboxylic acids is 1. The number of carbonyl (C=O) groups is 1. The molecular formula is C25H42N6O2S. The fourth-order valence-electron chi connectivity index (χ4n) is 3.55. The Morgan fingerprint density at radius 2 is 1.94 bits per heavy atom. The zero-order valence-corrected chi connectivity index (χ0v) is 22.1. The van der Waals surface area contributed by atoms with Gasteiger partial charge in [0.2, 0.25) is 11.9 Å². The number of imidazole rings is 1. The minimum atomic E-state index is -0.371. The smallest absolute Gasteiger partial charge is 0.242 e. The highest BCUT2D eigenvalue weighted by Crippen LogP contribution is 2.23. The van der Waals surface area contributed by atoms with E-state index in [2.05, 4.69) is 41.4 Å². The molecule has 1 amide bonds. The van der Waals surface area contributed by atoms with Crippen molar-refractivity contribution in [3.05, 3.63) is 24.8 Å². The number of ether oxygens (including phenoxy) is 1. The third kappa shape index (κ3) is 10.9. The van der Waals surface area contributed by atoms with Crippen LogP contribution < -0.4 is 10.6 Å². The minimum absolute atomic E-state index is 0.0196. The van der Waals surface area contributed by atoms with Crippen LogP contribution in [0.25, 0.3) is 5.95 Å². The lowest BCUT2D eigenvalue weighted by Crippen LogP contribution is -2.41. The van der Waals surface area contributed by atoms with Gasteiger partial charge in [-0.15, -0.1) is 11.8 Å². The molecule has 0 fully saturated rings. The summed E-state index contributed by atoms with van der Waals surface area (Å²) in [6.45, 7) is 7.69. The molecule has 0 bridgehead atoms. The number of methoxy groups -OCH3 is 1. The van der Waals surface area contributed by atoms with Crippen molar-refractivity contribution in [3.8, 4) is 5.95 Å². The molecular weight excluding hydrogens is 448 g/mol. The molecule has 1 atom stereocenters. The van der Waals surface area contributed by atoms with Crippen LogP contribution in [0.5, 0.6) is 0 Å². The van der Waals surface area contributed by atoms with E-state index in [1.807, 2.05) is 12.3 Å². The number of unbranched alkanes of at least 4 members (excludes halogenated alkanes) is 5. The average Bonchev–Trinajstić information content (AvgIpc) is 3.35. The summed E-state index contributed by atoms with van der Waals surface area (Å²) >= 11 is 1.74. The molecule has 0 radical (unpaired) electrons. The molecule has 190 valence electrons. The standard InChI is InChI=1S/C25H42N6O2S/c1-5-6-7-8-9-10-16-34-23-18-22(29-25(30-23)31-14-13-26-19-31)28-21(17-20(2)3)24(32)27-12-11-15-33-4/h13-14,18-21H,5-12,15-17H2,1-4H3,(H,27,32)(H,28,29,30)/t21-/m0/s1. The quantitative estimate of drug-likeness (QED) is 0.171. The molecule has 2 aromatic rings. The Kier molecular flexibility index (Phi) is 13.6. The first-order valence-electron chi connectivity index (χ1n) is 12.6. The molecule has 2 rings (SSSR count). The lowest BCUT2D eigenvalue weighted by molar-refractivity contribution is -0.122. The van der Waals surface area contributed by atoms with Crippen LogP contribution in [0.2, 0.25) is 0 Å². The maximum Gasteiger partial charge on any atom is 0.242 e. The molecule has 0 saturated heterocycles. The number of thioether (sulfide) groups is 1. The van der Waals surface area contributed by atoms with Crippen LogP contribution in [0.4, 0.5) is 5.82 Å². The van der Waals surface area contributed by atoms with Gasteiger partial charge in [-0.2, -0.15) is 4.98 Å². The van der Waals surface area contributed by atoms with Crippen molar-refractivity contribution in [2.75, 3.05) is 31.3 Å². The van der Waals surface area contributed by atoms with E-state index in [9.17, 15) is 4.79 Å². The third-order valence-corrected chi connectivity index (χ3v) is 6.34. The Hall–Kier alpha value is -2.13. The molecule has 0 spiro atoms. The van der Waals surface area contributed by atoms with Crippen LogP contribution in [-0.2, 0) is 9.53 Å². The fraction of sp³-hybridized carbons (Fsp3) is 0.680. The molecule has 0 aliphatic carbocycles. The Bertz CT molecular complexity index is 816. The summed E-state index contributed by atoms with van der Waals surface area (Å²) in [6, 6.07) is 1.58. The highest BCUT2D eigenvalue weighted by molar-refractivity contribution is 7.99. The Balaban J connectivity index is 2.08. The predicted octanol–water partition coefficient (Wildman–Crippen LogP) is 5.09. The van der Waals surface area contributed by atoms with E-state index in [-0.39, 0.29) is 11.9 Å². The van der Waals surface area contributed by atoms with Gasteiger partial charge in [-0.05, 0) is 30.9 Å². The first kappa shape index (κ1) is 28.1. The third-order valence-electron chi connectivity index (χ3n) is 5.34. The number of rotatable bonds is 18. The van der Waals surface area contributed by atoms with Crippen molar-refractivity contribution >= 4 is 23.5 Å². The van der Waals surface area contributed by atoms with Crippen LogP contribution >= 0.6 is 11.8 Å². The zero-order chi connectivity index (χ0) is 24.6. The second-order valence-corrected chi connectivity index (χ2v) is 10.1. The molecule has 34 heavy (non-hydrogen) atoms. The largest absolute Gasteiger partial charge is 0.385 e. The van der Waals surface area contributed by atoms with E-state index in [1.54, 1.807) is 36.0 Å². The number of anilines is 1. The summed E-state index contributed by atoms with van der Waals surface area (Å²) < 4.78 is 6.87. The summed E-state index contributed by atoms with van der Waals surface area (Å²) in [4.78, 5) is 26.4. The molecule has 0 saturated carbocycles. The van der Waals surface area contributed by atoms with Gasteiger partial charge in [-0.3, -0.25) is 9.36 Å². The normalized spacial score (nSPS) is 12.1. The monoisotopic (exact) mass is 490 g/mol. The number of hydrogen-bond acceptors (Lipinski definition) is 7. The average molecular weight is 491 g/mol. The Labute approximate surface area is 209 Å². The number of hydrogen-bond donors (Lipinski definition) is 2. The summed E-state index contributed by atoms with van der Waals surface area (Å²) in [5.74, 6) is 2.56. The minimum Gasteiger partial charge on any atom is -0.385 e. The van der Waals surface area contributed by atoms with E-state index < -0.39 is 0 Å². The Morgan fingerprint density at radius 3 is 2.65 bits per heavy atom. The van der Waals surface area contributed by atoms with E-state index in [4.69, 9.17) is 9.72 Å². The van der Waals surface area contributed by atoms with Gasteiger partial charge < -0.3 is 15.4 Å². The summed E-state index contributed by atoms with van der Waals surface area (Å²) in [5.41, 5.74) is 0. The van der Waals surface area contributed by atoms with E-state index >= 15 is 0 Å². The van der Waals surface area contributed by atoms with Gasteiger partial charge in [0.15, 0.2) is 0 Å². The van der Waals surface area contributed by atoms with Gasteiger partial charge in [0.25, 0.3) is 0 Å². The topological polar surface area (TPSA) is 94.0 Å². The molecule has 0 aliphatic heterocycles. The number of nitrogens with zero attached hydrogens (tertiary/aromatic N) is 4. The zero-order valence-electron chi connectivity index (χ0n) is 21.3. The summed E-state index contributed by atoms with van der Waals surface area (Å²) in [7, 11) is 1.67. The van der Waals surface area contributed by atoms with E-state index in [0.29, 0.717) is 37.3 Å². The van der Waals surface area contributed by atoms with Gasteiger partial charge >= 0.3 is 0 Å². The summed E-state index contributed by atoms with van der Waals surface area (Å²) in [6.07, 6.45) is 14.3. The van der Waals surface area contributed by atoms with Crippen molar-refractivity contribution in [1.29, 1.82) is 0 Å². The van der Waals surface area contributed by atoms with Crippen molar-refractivity contribution < 1.29 is 9.53 Å². The SMILES string of the molecule is CCCCCCCCSc1cc(N[C@@H](CC(C)C)C(=O)NCCCOC)nc(-n2ccnc2)n1.